The Morgan fingerprint density at radius 1 is 0.273 bits per heavy atom. The number of carbonyl (C=O) groups is 3. The second-order valence-electron chi connectivity index (χ2n) is 20.5. The molecule has 0 aliphatic rings. The molecule has 1 unspecified atom stereocenters. The topological polar surface area (TPSA) is 78.9 Å². The molecule has 6 heteroatoms. The number of allylic oxidation sites excluding steroid dienone is 22. The lowest BCUT2D eigenvalue weighted by Gasteiger charge is -2.18. The Morgan fingerprint density at radius 3 is 0.805 bits per heavy atom. The molecule has 0 amide bonds. The third kappa shape index (κ3) is 62.3. The van der Waals surface area contributed by atoms with E-state index in [1.54, 1.807) is 0 Å². The Kier molecular flexibility index (Phi) is 60.4. The van der Waals surface area contributed by atoms with Crippen LogP contribution in [-0.2, 0) is 28.6 Å². The molecule has 0 bridgehead atoms. The molecule has 6 nitrogen and oxygen atoms in total. The average Bonchev–Trinajstić information content (AvgIpc) is 3.43. The van der Waals surface area contributed by atoms with Gasteiger partial charge in [-0.3, -0.25) is 14.4 Å². The van der Waals surface area contributed by atoms with Crippen LogP contribution in [0.1, 0.15) is 278 Å². The minimum absolute atomic E-state index is 0.0907. The summed E-state index contributed by atoms with van der Waals surface area (Å²) >= 11 is 0. The first-order valence-corrected chi connectivity index (χ1v) is 31.7. The van der Waals surface area contributed by atoms with Crippen molar-refractivity contribution in [3.05, 3.63) is 134 Å². The standard InChI is InChI=1S/C71H116O6/c1-4-7-10-13-16-19-22-24-26-28-29-30-31-32-33-34-35-36-37-38-39-40-41-43-44-46-49-52-55-58-61-64-70(73)76-67-68(66-75-69(72)63-60-57-54-51-48-21-18-15-12-9-6-3)77-71(74)65-62-59-56-53-50-47-45-42-27-25-23-20-17-14-11-8-5-2/h7-8,10-11,15-20,24-27,29-30,32-33,35-36,38-39,68H,4-6,9,12-14,21-23,28,31,34,37,40-67H2,1-3H3/b10-7-,11-8-,18-15-,19-16-,20-17-,26-24-,27-25-,30-29-,33-32-,36-35-,39-38-. The summed E-state index contributed by atoms with van der Waals surface area (Å²) in [5, 5.41) is 0. The monoisotopic (exact) mass is 1060 g/mol. The average molecular weight is 1070 g/mol. The molecule has 0 N–H and O–H groups in total. The van der Waals surface area contributed by atoms with E-state index in [-0.39, 0.29) is 31.1 Å². The van der Waals surface area contributed by atoms with Gasteiger partial charge in [-0.2, -0.15) is 0 Å². The minimum atomic E-state index is -0.793. The molecular formula is C71H116O6. The first-order valence-electron chi connectivity index (χ1n) is 31.7. The Morgan fingerprint density at radius 2 is 0.506 bits per heavy atom. The van der Waals surface area contributed by atoms with Crippen molar-refractivity contribution < 1.29 is 28.6 Å². The zero-order valence-electron chi connectivity index (χ0n) is 49.9. The highest BCUT2D eigenvalue weighted by Gasteiger charge is 2.19. The molecule has 0 rings (SSSR count). The molecule has 0 aromatic heterocycles. The van der Waals surface area contributed by atoms with Gasteiger partial charge in [-0.15, -0.1) is 0 Å². The van der Waals surface area contributed by atoms with Crippen LogP contribution in [0.2, 0.25) is 0 Å². The summed E-state index contributed by atoms with van der Waals surface area (Å²) < 4.78 is 16.9. The van der Waals surface area contributed by atoms with E-state index in [1.165, 1.54) is 89.9 Å². The van der Waals surface area contributed by atoms with Crippen molar-refractivity contribution in [3.63, 3.8) is 0 Å². The minimum Gasteiger partial charge on any atom is -0.462 e. The Balaban J connectivity index is 4.27. The summed E-state index contributed by atoms with van der Waals surface area (Å²) in [6.45, 7) is 6.36. The van der Waals surface area contributed by atoms with Gasteiger partial charge in [0, 0.05) is 19.3 Å². The molecule has 0 aromatic carbocycles. The maximum atomic E-state index is 12.9. The first kappa shape index (κ1) is 72.5. The van der Waals surface area contributed by atoms with Crippen LogP contribution < -0.4 is 0 Å². The summed E-state index contributed by atoms with van der Waals surface area (Å²) in [5.74, 6) is -0.915. The van der Waals surface area contributed by atoms with Gasteiger partial charge in [-0.1, -0.05) is 264 Å². The molecule has 436 valence electrons. The van der Waals surface area contributed by atoms with Crippen molar-refractivity contribution >= 4 is 17.9 Å². The highest BCUT2D eigenvalue weighted by molar-refractivity contribution is 5.71. The summed E-state index contributed by atoms with van der Waals surface area (Å²) in [7, 11) is 0. The lowest BCUT2D eigenvalue weighted by Crippen LogP contribution is -2.30. The fourth-order valence-electron chi connectivity index (χ4n) is 8.42. The van der Waals surface area contributed by atoms with Crippen LogP contribution >= 0.6 is 0 Å². The second-order valence-corrected chi connectivity index (χ2v) is 20.5. The fourth-order valence-corrected chi connectivity index (χ4v) is 8.42. The van der Waals surface area contributed by atoms with E-state index in [9.17, 15) is 14.4 Å². The smallest absolute Gasteiger partial charge is 0.306 e. The van der Waals surface area contributed by atoms with Gasteiger partial charge >= 0.3 is 17.9 Å². The Bertz CT molecular complexity index is 1650. The van der Waals surface area contributed by atoms with Crippen molar-refractivity contribution in [2.45, 2.75) is 284 Å². The maximum absolute atomic E-state index is 12.9. The van der Waals surface area contributed by atoms with Gasteiger partial charge in [0.25, 0.3) is 0 Å². The number of unbranched alkanes of at least 4 members (excludes halogenated alkanes) is 23. The van der Waals surface area contributed by atoms with E-state index in [1.807, 2.05) is 0 Å². The molecular weight excluding hydrogens is 949 g/mol. The molecule has 0 heterocycles. The predicted octanol–water partition coefficient (Wildman–Crippen LogP) is 21.8. The summed E-state index contributed by atoms with van der Waals surface area (Å²) in [5.41, 5.74) is 0. The molecule has 1 atom stereocenters. The SMILES string of the molecule is CC/C=C\C/C=C\C/C=C\C/C=C\C/C=C\C/C=C\C/C=C\CCCCCCCCCCCC(=O)OCC(COC(=O)CCCCCCC/C=C\CCCC)OC(=O)CCCCCCCCC/C=C\C/C=C\C/C=C\CC. The highest BCUT2D eigenvalue weighted by atomic mass is 16.6. The van der Waals surface area contributed by atoms with E-state index in [0.29, 0.717) is 19.3 Å². The maximum Gasteiger partial charge on any atom is 0.306 e. The van der Waals surface area contributed by atoms with Crippen molar-refractivity contribution in [2.24, 2.45) is 0 Å². The number of carbonyl (C=O) groups excluding carboxylic acids is 3. The van der Waals surface area contributed by atoms with E-state index >= 15 is 0 Å². The van der Waals surface area contributed by atoms with Crippen LogP contribution in [0.5, 0.6) is 0 Å². The fraction of sp³-hybridized carbons (Fsp3) is 0.648. The molecule has 0 aliphatic heterocycles. The first-order chi connectivity index (χ1) is 38.0. The molecule has 0 saturated heterocycles. The van der Waals surface area contributed by atoms with E-state index in [0.717, 1.165) is 148 Å². The largest absolute Gasteiger partial charge is 0.462 e. The molecule has 77 heavy (non-hydrogen) atoms. The predicted molar refractivity (Wildman–Crippen MR) is 334 cm³/mol. The Labute approximate surface area is 475 Å². The second kappa shape index (κ2) is 64.1. The van der Waals surface area contributed by atoms with Crippen LogP contribution in [0.15, 0.2) is 134 Å². The number of esters is 3. The summed E-state index contributed by atoms with van der Waals surface area (Å²) in [6.07, 6.45) is 90.3. The zero-order chi connectivity index (χ0) is 55.7. The Hall–Kier alpha value is -4.45. The van der Waals surface area contributed by atoms with Gasteiger partial charge in [0.1, 0.15) is 13.2 Å². The third-order valence-corrected chi connectivity index (χ3v) is 13.1. The van der Waals surface area contributed by atoms with Gasteiger partial charge in [0.15, 0.2) is 6.10 Å². The van der Waals surface area contributed by atoms with Crippen LogP contribution in [0, 0.1) is 0 Å². The van der Waals surface area contributed by atoms with Crippen molar-refractivity contribution in [1.82, 2.24) is 0 Å². The number of hydrogen-bond acceptors (Lipinski definition) is 6. The van der Waals surface area contributed by atoms with Crippen LogP contribution in [0.3, 0.4) is 0 Å². The normalized spacial score (nSPS) is 13.0. The van der Waals surface area contributed by atoms with Gasteiger partial charge in [0.05, 0.1) is 0 Å². The van der Waals surface area contributed by atoms with Gasteiger partial charge in [0.2, 0.25) is 0 Å². The molecule has 0 aromatic rings. The van der Waals surface area contributed by atoms with Gasteiger partial charge < -0.3 is 14.2 Å². The number of ether oxygens (including phenoxy) is 3. The van der Waals surface area contributed by atoms with Crippen molar-refractivity contribution in [3.8, 4) is 0 Å². The molecule has 0 saturated carbocycles. The summed E-state index contributed by atoms with van der Waals surface area (Å²) in [4.78, 5) is 38.2. The van der Waals surface area contributed by atoms with E-state index < -0.39 is 6.10 Å². The molecule has 0 radical (unpaired) electrons. The van der Waals surface area contributed by atoms with E-state index in [4.69, 9.17) is 14.2 Å². The number of rotatable bonds is 56. The van der Waals surface area contributed by atoms with Crippen LogP contribution in [0.25, 0.3) is 0 Å². The molecule has 0 fully saturated rings. The van der Waals surface area contributed by atoms with Crippen molar-refractivity contribution in [1.29, 1.82) is 0 Å². The van der Waals surface area contributed by atoms with Gasteiger partial charge in [-0.25, -0.2) is 0 Å². The molecule has 0 spiro atoms. The zero-order valence-corrected chi connectivity index (χ0v) is 49.9. The highest BCUT2D eigenvalue weighted by Crippen LogP contribution is 2.15. The lowest BCUT2D eigenvalue weighted by atomic mass is 10.1. The van der Waals surface area contributed by atoms with Crippen molar-refractivity contribution in [2.75, 3.05) is 13.2 Å². The third-order valence-electron chi connectivity index (χ3n) is 13.1. The van der Waals surface area contributed by atoms with Crippen LogP contribution in [0.4, 0.5) is 0 Å². The summed E-state index contributed by atoms with van der Waals surface area (Å²) in [6, 6.07) is 0. The van der Waals surface area contributed by atoms with Gasteiger partial charge in [-0.05, 0) is 128 Å². The molecule has 0 aliphatic carbocycles. The number of hydrogen-bond donors (Lipinski definition) is 0. The van der Waals surface area contributed by atoms with Crippen LogP contribution in [-0.4, -0.2) is 37.2 Å². The van der Waals surface area contributed by atoms with E-state index in [2.05, 4.69) is 154 Å². The lowest BCUT2D eigenvalue weighted by molar-refractivity contribution is -0.167. The quantitative estimate of drug-likeness (QED) is 0.0261.